The van der Waals surface area contributed by atoms with Gasteiger partial charge in [-0.1, -0.05) is 18.0 Å². The van der Waals surface area contributed by atoms with Crippen LogP contribution in [0.3, 0.4) is 0 Å². The Balaban J connectivity index is 0.00000196. The minimum absolute atomic E-state index is 0. The summed E-state index contributed by atoms with van der Waals surface area (Å²) in [6.45, 7) is 3.96. The second kappa shape index (κ2) is 7.09. The Morgan fingerprint density at radius 1 is 1.23 bits per heavy atom. The maximum Gasteiger partial charge on any atom is 0.259 e. The van der Waals surface area contributed by atoms with Gasteiger partial charge in [0.15, 0.2) is 5.82 Å². The Hall–Kier alpha value is -1.77. The lowest BCUT2D eigenvalue weighted by atomic mass is 9.99. The molecule has 0 spiro atoms. The minimum atomic E-state index is -0.445. The number of fused-ring (bicyclic) bond motifs is 1. The molecular formula is C17H22ClN5O2S. The predicted octanol–water partition coefficient (Wildman–Crippen LogP) is 2.92. The quantitative estimate of drug-likeness (QED) is 0.702. The van der Waals surface area contributed by atoms with E-state index in [0.29, 0.717) is 35.8 Å². The van der Waals surface area contributed by atoms with Gasteiger partial charge < -0.3 is 15.2 Å². The van der Waals surface area contributed by atoms with Gasteiger partial charge in [-0.3, -0.25) is 4.79 Å². The number of H-pyrrole nitrogens is 1. The lowest BCUT2D eigenvalue weighted by Crippen LogP contribution is -2.34. The topological polar surface area (TPSA) is 111 Å². The number of nitrogens with two attached hydrogens (primary N) is 1. The van der Waals surface area contributed by atoms with Crippen molar-refractivity contribution >= 4 is 34.0 Å². The standard InChI is InChI=1S/C17H21N5O2S.ClH/c1-9-10(2)25-15-13(9)14(23)19-11(20-15)5-6-12-21-16(22-24-12)17(18)7-3-4-8-17;/h3-8,18H2,1-2H3,(H,19,20,23);1H. The largest absolute Gasteiger partial charge is 0.339 e. The van der Waals surface area contributed by atoms with Crippen LogP contribution in [0.1, 0.15) is 53.7 Å². The molecule has 1 fully saturated rings. The molecule has 1 saturated carbocycles. The van der Waals surface area contributed by atoms with Crippen molar-refractivity contribution in [1.82, 2.24) is 20.1 Å². The Kier molecular flexibility index (Phi) is 5.18. The van der Waals surface area contributed by atoms with Gasteiger partial charge in [0, 0.05) is 17.7 Å². The zero-order valence-electron chi connectivity index (χ0n) is 14.8. The molecule has 1 aliphatic carbocycles. The Bertz CT molecular complexity index is 987. The number of hydrogen-bond donors (Lipinski definition) is 2. The van der Waals surface area contributed by atoms with Crippen LogP contribution in [0.5, 0.6) is 0 Å². The van der Waals surface area contributed by atoms with Crippen LogP contribution in [0, 0.1) is 13.8 Å². The summed E-state index contributed by atoms with van der Waals surface area (Å²) < 4.78 is 5.35. The van der Waals surface area contributed by atoms with Crippen LogP contribution in [0.4, 0.5) is 0 Å². The molecule has 0 aliphatic heterocycles. The molecule has 3 heterocycles. The number of aromatic nitrogens is 4. The minimum Gasteiger partial charge on any atom is -0.339 e. The molecule has 0 aromatic carbocycles. The molecule has 0 unspecified atom stereocenters. The number of nitrogens with one attached hydrogen (secondary N) is 1. The normalized spacial score (nSPS) is 16.1. The monoisotopic (exact) mass is 395 g/mol. The van der Waals surface area contributed by atoms with E-state index < -0.39 is 5.54 Å². The van der Waals surface area contributed by atoms with Crippen molar-refractivity contribution in [2.24, 2.45) is 5.73 Å². The van der Waals surface area contributed by atoms with Gasteiger partial charge in [-0.15, -0.1) is 23.7 Å². The number of halogens is 1. The molecule has 1 aliphatic rings. The highest BCUT2D eigenvalue weighted by Gasteiger charge is 2.35. The van der Waals surface area contributed by atoms with Gasteiger partial charge in [-0.25, -0.2) is 4.98 Å². The molecule has 0 radical (unpaired) electrons. The third-order valence-corrected chi connectivity index (χ3v) is 6.17. The second-order valence-corrected chi connectivity index (χ2v) is 8.05. The lowest BCUT2D eigenvalue weighted by molar-refractivity contribution is 0.348. The van der Waals surface area contributed by atoms with Crippen molar-refractivity contribution < 1.29 is 4.52 Å². The maximum atomic E-state index is 12.3. The Morgan fingerprint density at radius 3 is 2.69 bits per heavy atom. The highest BCUT2D eigenvalue weighted by molar-refractivity contribution is 7.18. The van der Waals surface area contributed by atoms with Crippen molar-refractivity contribution in [3.63, 3.8) is 0 Å². The molecule has 0 saturated heterocycles. The molecule has 0 amide bonds. The van der Waals surface area contributed by atoms with Crippen LogP contribution in [0.2, 0.25) is 0 Å². The van der Waals surface area contributed by atoms with Crippen LogP contribution in [0.15, 0.2) is 9.32 Å². The molecule has 3 N–H and O–H groups in total. The van der Waals surface area contributed by atoms with Crippen molar-refractivity contribution in [2.75, 3.05) is 0 Å². The molecule has 0 atom stereocenters. The first-order valence-electron chi connectivity index (χ1n) is 8.57. The number of thiophene rings is 1. The molecule has 140 valence electrons. The fourth-order valence-electron chi connectivity index (χ4n) is 3.43. The summed E-state index contributed by atoms with van der Waals surface area (Å²) in [7, 11) is 0. The lowest BCUT2D eigenvalue weighted by Gasteiger charge is -2.17. The van der Waals surface area contributed by atoms with Gasteiger partial charge in [-0.05, 0) is 32.3 Å². The summed E-state index contributed by atoms with van der Waals surface area (Å²) in [6.07, 6.45) is 5.07. The number of nitrogens with zero attached hydrogens (tertiary/aromatic N) is 3. The summed E-state index contributed by atoms with van der Waals surface area (Å²) in [5.41, 5.74) is 6.83. The predicted molar refractivity (Wildman–Crippen MR) is 103 cm³/mol. The molecule has 0 bridgehead atoms. The number of rotatable bonds is 4. The van der Waals surface area contributed by atoms with E-state index in [-0.39, 0.29) is 18.0 Å². The average molecular weight is 396 g/mol. The van der Waals surface area contributed by atoms with E-state index in [9.17, 15) is 4.79 Å². The third-order valence-electron chi connectivity index (χ3n) is 5.07. The molecule has 3 aromatic heterocycles. The average Bonchev–Trinajstić information content (AvgIpc) is 3.27. The first kappa shape index (κ1) is 19.0. The van der Waals surface area contributed by atoms with E-state index >= 15 is 0 Å². The van der Waals surface area contributed by atoms with Gasteiger partial charge in [-0.2, -0.15) is 4.98 Å². The highest BCUT2D eigenvalue weighted by Crippen LogP contribution is 2.34. The summed E-state index contributed by atoms with van der Waals surface area (Å²) >= 11 is 1.55. The molecule has 4 rings (SSSR count). The summed E-state index contributed by atoms with van der Waals surface area (Å²) in [5.74, 6) is 1.77. The van der Waals surface area contributed by atoms with Crippen LogP contribution in [-0.2, 0) is 18.4 Å². The van der Waals surface area contributed by atoms with E-state index in [4.69, 9.17) is 10.3 Å². The van der Waals surface area contributed by atoms with Crippen molar-refractivity contribution in [3.05, 3.63) is 38.3 Å². The van der Waals surface area contributed by atoms with Crippen molar-refractivity contribution in [3.8, 4) is 0 Å². The van der Waals surface area contributed by atoms with Gasteiger partial charge in [0.2, 0.25) is 5.89 Å². The van der Waals surface area contributed by atoms with E-state index in [2.05, 4.69) is 20.1 Å². The molecule has 9 heteroatoms. The fourth-order valence-corrected chi connectivity index (χ4v) is 4.48. The van der Waals surface area contributed by atoms with Gasteiger partial charge in [0.05, 0.1) is 10.9 Å². The smallest absolute Gasteiger partial charge is 0.259 e. The van der Waals surface area contributed by atoms with E-state index in [0.717, 1.165) is 41.0 Å². The summed E-state index contributed by atoms with van der Waals surface area (Å²) in [6, 6.07) is 0. The van der Waals surface area contributed by atoms with E-state index in [1.54, 1.807) is 11.3 Å². The van der Waals surface area contributed by atoms with Crippen LogP contribution in [0.25, 0.3) is 10.2 Å². The van der Waals surface area contributed by atoms with Crippen molar-refractivity contribution in [1.29, 1.82) is 0 Å². The van der Waals surface area contributed by atoms with Crippen molar-refractivity contribution in [2.45, 2.75) is 57.9 Å². The van der Waals surface area contributed by atoms with Gasteiger partial charge >= 0.3 is 0 Å². The Morgan fingerprint density at radius 2 is 1.96 bits per heavy atom. The van der Waals surface area contributed by atoms with Gasteiger partial charge in [0.25, 0.3) is 5.56 Å². The molecular weight excluding hydrogens is 374 g/mol. The highest BCUT2D eigenvalue weighted by atomic mass is 35.5. The summed E-state index contributed by atoms with van der Waals surface area (Å²) in [5, 5.41) is 4.76. The SMILES string of the molecule is Cc1sc2nc(CCc3nc(C4(N)CCCC4)no3)[nH]c(=O)c2c1C.Cl. The number of aryl methyl sites for hydroxylation is 4. The molecule has 7 nitrogen and oxygen atoms in total. The molecule has 3 aromatic rings. The number of aromatic amines is 1. The molecule has 26 heavy (non-hydrogen) atoms. The number of hydrogen-bond acceptors (Lipinski definition) is 7. The zero-order chi connectivity index (χ0) is 17.6. The zero-order valence-corrected chi connectivity index (χ0v) is 16.4. The first-order chi connectivity index (χ1) is 12.0. The fraction of sp³-hybridized carbons (Fsp3) is 0.529. The van der Waals surface area contributed by atoms with Gasteiger partial charge in [0.1, 0.15) is 10.7 Å². The van der Waals surface area contributed by atoms with Crippen LogP contribution >= 0.6 is 23.7 Å². The van der Waals surface area contributed by atoms with E-state index in [1.807, 2.05) is 13.8 Å². The third kappa shape index (κ3) is 3.28. The Labute approximate surface area is 160 Å². The van der Waals surface area contributed by atoms with E-state index in [1.165, 1.54) is 0 Å². The maximum absolute atomic E-state index is 12.3. The summed E-state index contributed by atoms with van der Waals surface area (Å²) in [4.78, 5) is 26.1. The van der Waals surface area contributed by atoms with Crippen LogP contribution in [-0.4, -0.2) is 20.1 Å². The van der Waals surface area contributed by atoms with Crippen LogP contribution < -0.4 is 11.3 Å². The second-order valence-electron chi connectivity index (χ2n) is 6.85. The first-order valence-corrected chi connectivity index (χ1v) is 9.39.